The Labute approximate surface area is 196 Å². The first-order valence-corrected chi connectivity index (χ1v) is 11.6. The Morgan fingerprint density at radius 3 is 2.76 bits per heavy atom. The van der Waals surface area contributed by atoms with Gasteiger partial charge in [0.25, 0.3) is 0 Å². The monoisotopic (exact) mass is 444 g/mol. The first kappa shape index (κ1) is 22.9. The van der Waals surface area contributed by atoms with Gasteiger partial charge in [-0.2, -0.15) is 0 Å². The third-order valence-corrected chi connectivity index (χ3v) is 6.08. The molecule has 172 valence electrons. The van der Waals surface area contributed by atoms with Crippen LogP contribution < -0.4 is 10.1 Å². The maximum atomic E-state index is 12.5. The number of aryl methyl sites for hydroxylation is 1. The second-order valence-corrected chi connectivity index (χ2v) is 8.74. The fourth-order valence-electron chi connectivity index (χ4n) is 4.45. The number of pyridine rings is 2. The average molecular weight is 445 g/mol. The predicted molar refractivity (Wildman–Crippen MR) is 129 cm³/mol. The van der Waals surface area contributed by atoms with Gasteiger partial charge in [0.1, 0.15) is 5.75 Å². The summed E-state index contributed by atoms with van der Waals surface area (Å²) in [7, 11) is 1.69. The fraction of sp³-hybridized carbons (Fsp3) is 0.370. The number of aromatic nitrogens is 2. The highest BCUT2D eigenvalue weighted by Crippen LogP contribution is 2.27. The van der Waals surface area contributed by atoms with Gasteiger partial charge in [0.15, 0.2) is 0 Å². The molecule has 33 heavy (non-hydrogen) atoms. The zero-order valence-electron chi connectivity index (χ0n) is 19.5. The zero-order valence-corrected chi connectivity index (χ0v) is 19.5. The van der Waals surface area contributed by atoms with Crippen molar-refractivity contribution in [2.45, 2.75) is 38.6 Å². The molecule has 4 rings (SSSR count). The number of nitrogens with zero attached hydrogens (tertiary/aromatic N) is 3. The van der Waals surface area contributed by atoms with Crippen molar-refractivity contribution in [3.05, 3.63) is 89.0 Å². The smallest absolute Gasteiger partial charge is 0.234 e. The minimum absolute atomic E-state index is 0.0405. The molecule has 0 bridgehead atoms. The number of piperidine rings is 1. The van der Waals surface area contributed by atoms with E-state index in [-0.39, 0.29) is 5.91 Å². The first-order chi connectivity index (χ1) is 16.1. The molecule has 3 heterocycles. The number of nitrogens with one attached hydrogen (secondary N) is 1. The summed E-state index contributed by atoms with van der Waals surface area (Å²) in [5.41, 5.74) is 5.57. The number of ether oxygens (including phenoxy) is 1. The van der Waals surface area contributed by atoms with Crippen LogP contribution in [-0.2, 0) is 17.8 Å². The molecule has 0 spiro atoms. The molecule has 1 amide bonds. The summed E-state index contributed by atoms with van der Waals surface area (Å²) in [6.45, 7) is 4.74. The minimum Gasteiger partial charge on any atom is -0.497 e. The molecule has 6 heteroatoms. The molecule has 6 nitrogen and oxygen atoms in total. The molecule has 1 saturated heterocycles. The third kappa shape index (κ3) is 6.62. The highest BCUT2D eigenvalue weighted by atomic mass is 16.5. The Morgan fingerprint density at radius 2 is 2.00 bits per heavy atom. The molecular formula is C27H32N4O2. The number of carbonyl (C=O) groups is 1. The van der Waals surface area contributed by atoms with Crippen LogP contribution in [-0.4, -0.2) is 47.5 Å². The molecule has 0 saturated carbocycles. The van der Waals surface area contributed by atoms with E-state index in [1.165, 1.54) is 11.1 Å². The van der Waals surface area contributed by atoms with Crippen LogP contribution in [0.4, 0.5) is 0 Å². The molecule has 1 fully saturated rings. The number of methoxy groups -OCH3 is 1. The van der Waals surface area contributed by atoms with Gasteiger partial charge in [0, 0.05) is 30.0 Å². The van der Waals surface area contributed by atoms with Crippen molar-refractivity contribution in [1.82, 2.24) is 20.2 Å². The van der Waals surface area contributed by atoms with E-state index in [0.717, 1.165) is 55.2 Å². The van der Waals surface area contributed by atoms with Crippen LogP contribution in [0.5, 0.6) is 5.75 Å². The van der Waals surface area contributed by atoms with Crippen molar-refractivity contribution in [2.75, 3.05) is 26.7 Å². The second kappa shape index (κ2) is 11.1. The van der Waals surface area contributed by atoms with E-state index in [4.69, 9.17) is 9.72 Å². The maximum absolute atomic E-state index is 12.5. The van der Waals surface area contributed by atoms with Gasteiger partial charge in [0.2, 0.25) is 5.91 Å². The van der Waals surface area contributed by atoms with E-state index >= 15 is 0 Å². The summed E-state index contributed by atoms with van der Waals surface area (Å²) in [5, 5.41) is 2.99. The molecule has 2 aromatic heterocycles. The van der Waals surface area contributed by atoms with E-state index in [2.05, 4.69) is 46.4 Å². The van der Waals surface area contributed by atoms with Gasteiger partial charge in [-0.05, 0) is 80.3 Å². The van der Waals surface area contributed by atoms with Crippen molar-refractivity contribution in [3.8, 4) is 5.75 Å². The third-order valence-electron chi connectivity index (χ3n) is 6.08. The van der Waals surface area contributed by atoms with Crippen LogP contribution >= 0.6 is 0 Å². The molecule has 3 aromatic rings. The van der Waals surface area contributed by atoms with Crippen molar-refractivity contribution >= 4 is 5.91 Å². The predicted octanol–water partition coefficient (Wildman–Crippen LogP) is 3.88. The van der Waals surface area contributed by atoms with E-state index in [1.807, 2.05) is 30.3 Å². The van der Waals surface area contributed by atoms with Crippen molar-refractivity contribution in [3.63, 3.8) is 0 Å². The average Bonchev–Trinajstić information content (AvgIpc) is 2.84. The van der Waals surface area contributed by atoms with E-state index < -0.39 is 0 Å². The van der Waals surface area contributed by atoms with Crippen LogP contribution in [0.15, 0.2) is 60.8 Å². The number of amides is 1. The summed E-state index contributed by atoms with van der Waals surface area (Å²) >= 11 is 0. The van der Waals surface area contributed by atoms with Crippen molar-refractivity contribution in [1.29, 1.82) is 0 Å². The number of benzene rings is 1. The number of carbonyl (C=O) groups excluding carboxylic acids is 1. The van der Waals surface area contributed by atoms with E-state index in [9.17, 15) is 4.79 Å². The Hall–Kier alpha value is -3.25. The SMILES string of the molecule is COc1ccc(Cc2cc(C)nc([C@@H]3CCCN(CC(=O)NCc4ccccn4)C3)c2)cc1. The highest BCUT2D eigenvalue weighted by Gasteiger charge is 2.24. The van der Waals surface area contributed by atoms with Crippen LogP contribution in [0.25, 0.3) is 0 Å². The lowest BCUT2D eigenvalue weighted by molar-refractivity contribution is -0.122. The zero-order chi connectivity index (χ0) is 23.0. The summed E-state index contributed by atoms with van der Waals surface area (Å²) in [5.74, 6) is 1.26. The number of hydrogen-bond donors (Lipinski definition) is 1. The molecule has 1 aliphatic rings. The number of rotatable bonds is 8. The van der Waals surface area contributed by atoms with Gasteiger partial charge in [-0.1, -0.05) is 18.2 Å². The Morgan fingerprint density at radius 1 is 1.15 bits per heavy atom. The molecule has 1 aliphatic heterocycles. The van der Waals surface area contributed by atoms with Gasteiger partial charge < -0.3 is 10.1 Å². The van der Waals surface area contributed by atoms with Crippen LogP contribution in [0, 0.1) is 6.92 Å². The molecule has 0 radical (unpaired) electrons. The number of likely N-dealkylation sites (tertiary alicyclic amines) is 1. The maximum Gasteiger partial charge on any atom is 0.234 e. The molecule has 0 aliphatic carbocycles. The van der Waals surface area contributed by atoms with Crippen molar-refractivity contribution < 1.29 is 9.53 Å². The molecule has 1 N–H and O–H groups in total. The van der Waals surface area contributed by atoms with Gasteiger partial charge in [-0.25, -0.2) is 0 Å². The highest BCUT2D eigenvalue weighted by molar-refractivity contribution is 5.78. The Kier molecular flexibility index (Phi) is 7.68. The normalized spacial score (nSPS) is 16.4. The quantitative estimate of drug-likeness (QED) is 0.571. The topological polar surface area (TPSA) is 67.3 Å². The lowest BCUT2D eigenvalue weighted by atomic mass is 9.92. The Bertz CT molecular complexity index is 1050. The lowest BCUT2D eigenvalue weighted by Crippen LogP contribution is -2.42. The molecule has 1 atom stereocenters. The van der Waals surface area contributed by atoms with Crippen LogP contribution in [0.1, 0.15) is 47.0 Å². The summed E-state index contributed by atoms with van der Waals surface area (Å²) in [6, 6.07) is 18.4. The molecule has 0 unspecified atom stereocenters. The first-order valence-electron chi connectivity index (χ1n) is 11.6. The summed E-state index contributed by atoms with van der Waals surface area (Å²) in [6.07, 6.45) is 4.79. The van der Waals surface area contributed by atoms with Gasteiger partial charge >= 0.3 is 0 Å². The molecule has 1 aromatic carbocycles. The minimum atomic E-state index is 0.0405. The molecular weight excluding hydrogens is 412 g/mol. The second-order valence-electron chi connectivity index (χ2n) is 8.74. The summed E-state index contributed by atoms with van der Waals surface area (Å²) in [4.78, 5) is 23.8. The van der Waals surface area contributed by atoms with Crippen LogP contribution in [0.2, 0.25) is 0 Å². The van der Waals surface area contributed by atoms with Crippen LogP contribution in [0.3, 0.4) is 0 Å². The number of hydrogen-bond acceptors (Lipinski definition) is 5. The van der Waals surface area contributed by atoms with E-state index in [0.29, 0.717) is 19.0 Å². The van der Waals surface area contributed by atoms with E-state index in [1.54, 1.807) is 13.3 Å². The standard InChI is InChI=1S/C27H32N4O2/c1-20-14-22(15-21-8-10-25(33-2)11-9-21)16-26(30-20)23-6-5-13-31(18-23)19-27(32)29-17-24-7-3-4-12-28-24/h3-4,7-12,14,16,23H,5-6,13,15,17-19H2,1-2H3,(H,29,32)/t23-/m1/s1. The van der Waals surface area contributed by atoms with Gasteiger partial charge in [-0.15, -0.1) is 0 Å². The Balaban J connectivity index is 1.36. The summed E-state index contributed by atoms with van der Waals surface area (Å²) < 4.78 is 5.27. The van der Waals surface area contributed by atoms with Gasteiger partial charge in [0.05, 0.1) is 25.9 Å². The van der Waals surface area contributed by atoms with Crippen molar-refractivity contribution in [2.24, 2.45) is 0 Å². The largest absolute Gasteiger partial charge is 0.497 e. The fourth-order valence-corrected chi connectivity index (χ4v) is 4.45. The lowest BCUT2D eigenvalue weighted by Gasteiger charge is -2.32. The van der Waals surface area contributed by atoms with Gasteiger partial charge in [-0.3, -0.25) is 19.7 Å².